The van der Waals surface area contributed by atoms with Crippen LogP contribution in [0.3, 0.4) is 0 Å². The van der Waals surface area contributed by atoms with Gasteiger partial charge in [0.25, 0.3) is 11.8 Å². The summed E-state index contributed by atoms with van der Waals surface area (Å²) in [5.74, 6) is -0.979. The van der Waals surface area contributed by atoms with E-state index in [-0.39, 0.29) is 38.4 Å². The zero-order valence-corrected chi connectivity index (χ0v) is 32.1. The summed E-state index contributed by atoms with van der Waals surface area (Å²) in [6.45, 7) is 8.18. The number of hydroxylamine groups is 2. The van der Waals surface area contributed by atoms with Gasteiger partial charge in [-0.1, -0.05) is 180 Å². The Morgan fingerprint density at radius 1 is 0.560 bits per heavy atom. The highest BCUT2D eigenvalue weighted by Gasteiger charge is 2.33. The molecule has 1 fully saturated rings. The Kier molecular flexibility index (Phi) is 29.4. The second-order valence-corrected chi connectivity index (χ2v) is 14.2. The Morgan fingerprint density at radius 2 is 0.920 bits per heavy atom. The molecule has 50 heavy (non-hydrogen) atoms. The summed E-state index contributed by atoms with van der Waals surface area (Å²) in [6.07, 6.45) is 31.4. The molecule has 0 aliphatic carbocycles. The van der Waals surface area contributed by atoms with E-state index in [1.165, 1.54) is 135 Å². The van der Waals surface area contributed by atoms with Crippen molar-refractivity contribution in [3.8, 4) is 0 Å². The van der Waals surface area contributed by atoms with Crippen molar-refractivity contribution in [1.82, 2.24) is 5.06 Å². The number of amides is 2. The Hall–Kier alpha value is -2.58. The summed E-state index contributed by atoms with van der Waals surface area (Å²) >= 11 is 0. The van der Waals surface area contributed by atoms with Gasteiger partial charge >= 0.3 is 12.1 Å². The summed E-state index contributed by atoms with van der Waals surface area (Å²) < 4.78 is 16.5. The molecule has 1 rings (SSSR count). The fourth-order valence-electron chi connectivity index (χ4n) is 6.19. The fraction of sp³-hybridized carbons (Fsp3) is 0.854. The Labute approximate surface area is 304 Å². The van der Waals surface area contributed by atoms with E-state index in [1.807, 2.05) is 0 Å². The number of hydrogen-bond donors (Lipinski definition) is 0. The van der Waals surface area contributed by atoms with Crippen LogP contribution in [0.1, 0.15) is 206 Å². The molecule has 2 amide bonds. The summed E-state index contributed by atoms with van der Waals surface area (Å²) in [7, 11) is 0. The van der Waals surface area contributed by atoms with Crippen molar-refractivity contribution in [2.45, 2.75) is 213 Å². The highest BCUT2D eigenvalue weighted by atomic mass is 16.8. The molecule has 0 aromatic carbocycles. The predicted octanol–water partition coefficient (Wildman–Crippen LogP) is 11.6. The lowest BCUT2D eigenvalue weighted by Gasteiger charge is -2.20. The molecule has 0 aromatic heterocycles. The van der Waals surface area contributed by atoms with Crippen molar-refractivity contribution < 1.29 is 38.2 Å². The lowest BCUT2D eigenvalue weighted by molar-refractivity contribution is -0.178. The van der Waals surface area contributed by atoms with Crippen LogP contribution in [0.15, 0.2) is 12.3 Å². The summed E-state index contributed by atoms with van der Waals surface area (Å²) in [6, 6.07) is 0. The fourth-order valence-corrected chi connectivity index (χ4v) is 6.19. The van der Waals surface area contributed by atoms with E-state index in [1.54, 1.807) is 0 Å². The first-order chi connectivity index (χ1) is 24.4. The molecule has 0 saturated carbocycles. The number of imide groups is 1. The van der Waals surface area contributed by atoms with Gasteiger partial charge in [0.05, 0.1) is 5.76 Å². The molecule has 0 bridgehead atoms. The molecule has 1 saturated heterocycles. The Balaban J connectivity index is 2.27. The number of ether oxygens (including phenoxy) is 3. The normalized spacial score (nSPS) is 13.4. The van der Waals surface area contributed by atoms with E-state index in [0.29, 0.717) is 17.2 Å². The number of nitrogens with zero attached hydrogens (tertiary/aromatic N) is 1. The van der Waals surface area contributed by atoms with Gasteiger partial charge in [0.2, 0.25) is 0 Å². The second kappa shape index (κ2) is 32.3. The van der Waals surface area contributed by atoms with Crippen LogP contribution in [0, 0.1) is 0 Å². The topological polar surface area (TPSA) is 108 Å². The molecule has 0 spiro atoms. The van der Waals surface area contributed by atoms with E-state index in [0.717, 1.165) is 32.1 Å². The molecule has 290 valence electrons. The summed E-state index contributed by atoms with van der Waals surface area (Å²) in [5, 5.41) is 0.422. The molecular formula is C41H73NO8. The highest BCUT2D eigenvalue weighted by Crippen LogP contribution is 2.17. The van der Waals surface area contributed by atoms with Gasteiger partial charge in [0.15, 0.2) is 6.10 Å². The minimum Gasteiger partial charge on any atom is -0.495 e. The van der Waals surface area contributed by atoms with Crippen LogP contribution < -0.4 is 0 Å². The first kappa shape index (κ1) is 45.4. The number of carbonyl (C=O) groups excluding carboxylic acids is 4. The van der Waals surface area contributed by atoms with Gasteiger partial charge in [0, 0.05) is 25.7 Å². The van der Waals surface area contributed by atoms with Crippen LogP contribution in [-0.4, -0.2) is 48.3 Å². The maximum atomic E-state index is 12.6. The monoisotopic (exact) mass is 708 g/mol. The van der Waals surface area contributed by atoms with Crippen molar-refractivity contribution in [2.75, 3.05) is 13.2 Å². The molecule has 1 aliphatic rings. The lowest BCUT2D eigenvalue weighted by atomic mass is 10.0. The first-order valence-corrected chi connectivity index (χ1v) is 20.6. The van der Waals surface area contributed by atoms with Gasteiger partial charge < -0.3 is 14.2 Å². The minimum absolute atomic E-state index is 0.0132. The van der Waals surface area contributed by atoms with Gasteiger partial charge in [-0.2, -0.15) is 0 Å². The van der Waals surface area contributed by atoms with Crippen LogP contribution in [-0.2, 0) is 33.4 Å². The third kappa shape index (κ3) is 26.3. The summed E-state index contributed by atoms with van der Waals surface area (Å²) in [5.41, 5.74) is 0. The average Bonchev–Trinajstić information content (AvgIpc) is 3.42. The van der Waals surface area contributed by atoms with E-state index >= 15 is 0 Å². The average molecular weight is 708 g/mol. The number of hydrogen-bond acceptors (Lipinski definition) is 8. The van der Waals surface area contributed by atoms with Crippen LogP contribution in [0.25, 0.3) is 0 Å². The standard InChI is InChI=1S/C41H73NO8/c1-4-6-8-10-12-14-16-18-19-20-22-24-26-28-30-36(3)47-34-37(35-48-41(46)50-42-38(43)32-33-39(42)44)49-40(45)31-29-27-25-23-21-17-15-13-11-9-7-5-2/h37H,3-35H2,1-2H3/t37-/m0/s1. The highest BCUT2D eigenvalue weighted by molar-refractivity contribution is 6.01. The number of carbonyl (C=O) groups is 4. The van der Waals surface area contributed by atoms with Gasteiger partial charge in [-0.05, 0) is 12.8 Å². The molecular weight excluding hydrogens is 634 g/mol. The predicted molar refractivity (Wildman–Crippen MR) is 199 cm³/mol. The zero-order chi connectivity index (χ0) is 36.5. The van der Waals surface area contributed by atoms with Gasteiger partial charge in [-0.25, -0.2) is 4.79 Å². The van der Waals surface area contributed by atoms with Crippen molar-refractivity contribution in [2.24, 2.45) is 0 Å². The third-order valence-corrected chi connectivity index (χ3v) is 9.37. The van der Waals surface area contributed by atoms with Crippen LogP contribution in [0.4, 0.5) is 4.79 Å². The van der Waals surface area contributed by atoms with Crippen molar-refractivity contribution >= 4 is 23.9 Å². The third-order valence-electron chi connectivity index (χ3n) is 9.37. The Bertz CT molecular complexity index is 891. The maximum Gasteiger partial charge on any atom is 0.534 e. The van der Waals surface area contributed by atoms with E-state index in [2.05, 4.69) is 20.4 Å². The molecule has 0 unspecified atom stereocenters. The molecule has 9 nitrogen and oxygen atoms in total. The van der Waals surface area contributed by atoms with Crippen molar-refractivity contribution in [3.05, 3.63) is 12.3 Å². The molecule has 0 radical (unpaired) electrons. The van der Waals surface area contributed by atoms with E-state index < -0.39 is 24.1 Å². The molecule has 1 atom stereocenters. The van der Waals surface area contributed by atoms with Crippen molar-refractivity contribution in [1.29, 1.82) is 0 Å². The maximum absolute atomic E-state index is 12.6. The van der Waals surface area contributed by atoms with E-state index in [9.17, 15) is 19.2 Å². The molecule has 1 heterocycles. The molecule has 1 aliphatic heterocycles. The minimum atomic E-state index is -1.21. The zero-order valence-electron chi connectivity index (χ0n) is 32.1. The number of allylic oxidation sites excluding steroid dienone is 1. The van der Waals surface area contributed by atoms with Gasteiger partial charge in [0.1, 0.15) is 13.2 Å². The number of esters is 1. The first-order valence-electron chi connectivity index (χ1n) is 20.6. The smallest absolute Gasteiger partial charge is 0.495 e. The second-order valence-electron chi connectivity index (χ2n) is 14.2. The Morgan fingerprint density at radius 3 is 1.34 bits per heavy atom. The van der Waals surface area contributed by atoms with Crippen LogP contribution in [0.5, 0.6) is 0 Å². The molecule has 0 aromatic rings. The number of unbranched alkanes of at least 4 members (excludes halogenated alkanes) is 24. The van der Waals surface area contributed by atoms with Crippen LogP contribution in [0.2, 0.25) is 0 Å². The largest absolute Gasteiger partial charge is 0.534 e. The quantitative estimate of drug-likeness (QED) is 0.0277. The SMILES string of the molecule is C=C(CCCCCCCCCCCCCCCC)OC[C@@H](COC(=O)ON1C(=O)CCC1=O)OC(=O)CCCCCCCCCCCCCC. The number of rotatable bonds is 35. The summed E-state index contributed by atoms with van der Waals surface area (Å²) in [4.78, 5) is 53.1. The lowest BCUT2D eigenvalue weighted by Crippen LogP contribution is -2.34. The molecule has 0 N–H and O–H groups in total. The van der Waals surface area contributed by atoms with Gasteiger partial charge in [-0.3, -0.25) is 19.2 Å². The van der Waals surface area contributed by atoms with Gasteiger partial charge in [-0.15, -0.1) is 0 Å². The van der Waals surface area contributed by atoms with Crippen molar-refractivity contribution in [3.63, 3.8) is 0 Å². The van der Waals surface area contributed by atoms with E-state index in [4.69, 9.17) is 19.0 Å². The molecule has 9 heteroatoms. The van der Waals surface area contributed by atoms with Crippen LogP contribution >= 0.6 is 0 Å².